The summed E-state index contributed by atoms with van der Waals surface area (Å²) in [7, 11) is 0. The van der Waals surface area contributed by atoms with Gasteiger partial charge in [-0.3, -0.25) is 0 Å². The molecule has 0 unspecified atom stereocenters. The van der Waals surface area contributed by atoms with E-state index in [2.05, 4.69) is 0 Å². The topological polar surface area (TPSA) is 51.5 Å². The molecule has 0 aliphatic heterocycles. The summed E-state index contributed by atoms with van der Waals surface area (Å²) in [5.74, 6) is -71.4. The van der Waals surface area contributed by atoms with Crippen LogP contribution in [0.1, 0.15) is 6.92 Å². The van der Waals surface area contributed by atoms with Crippen molar-refractivity contribution in [3.05, 3.63) is 170 Å². The number of allylic oxidation sites excluding steroid dienone is 2. The van der Waals surface area contributed by atoms with Gasteiger partial charge in [-0.25, -0.2) is 87.8 Å². The monoisotopic (exact) mass is 913 g/mol. The van der Waals surface area contributed by atoms with E-state index in [1.54, 1.807) is 0 Å². The van der Waals surface area contributed by atoms with E-state index < -0.39 is 144 Å². The van der Waals surface area contributed by atoms with E-state index in [4.69, 9.17) is 10.5 Å². The first-order chi connectivity index (χ1) is 29.5. The predicted molar refractivity (Wildman–Crippen MR) is 177 cm³/mol. The molecule has 0 atom stereocenters. The average Bonchev–Trinajstić information content (AvgIpc) is 3.27. The van der Waals surface area contributed by atoms with Crippen LogP contribution < -0.4 is 26.4 Å². The normalized spacial score (nSPS) is 11.3. The molecule has 24 heteroatoms. The number of hydrogen-bond donors (Lipinski definition) is 0. The molecule has 0 radical (unpaired) electrons. The Kier molecular flexibility index (Phi) is 12.9. The molecule has 1 aromatic heterocycles. The molecular formula is C39H12BF20N3. The van der Waals surface area contributed by atoms with Crippen molar-refractivity contribution in [1.82, 2.24) is 0 Å². The quantitative estimate of drug-likeness (QED) is 0.0422. The van der Waals surface area contributed by atoms with E-state index in [0.29, 0.717) is 6.54 Å². The van der Waals surface area contributed by atoms with Crippen LogP contribution in [0.3, 0.4) is 0 Å². The van der Waals surface area contributed by atoms with Crippen molar-refractivity contribution in [2.24, 2.45) is 0 Å². The Bertz CT molecular complexity index is 2630. The van der Waals surface area contributed by atoms with Gasteiger partial charge in [0.2, 0.25) is 5.52 Å². The van der Waals surface area contributed by atoms with Gasteiger partial charge in [-0.15, -0.1) is 21.9 Å². The highest BCUT2D eigenvalue weighted by Crippen LogP contribution is 2.31. The van der Waals surface area contributed by atoms with Crippen LogP contribution in [-0.2, 0) is 6.54 Å². The van der Waals surface area contributed by atoms with Crippen molar-refractivity contribution in [2.75, 3.05) is 0 Å². The van der Waals surface area contributed by atoms with E-state index >= 15 is 35.1 Å². The van der Waals surface area contributed by atoms with Crippen molar-refractivity contribution >= 4 is 38.9 Å². The van der Waals surface area contributed by atoms with Gasteiger partial charge in [0.15, 0.2) is 82.5 Å². The van der Waals surface area contributed by atoms with Crippen molar-refractivity contribution in [2.45, 2.75) is 13.5 Å². The summed E-state index contributed by atoms with van der Waals surface area (Å²) in [6.07, 6.45) is -5.26. The summed E-state index contributed by atoms with van der Waals surface area (Å²) in [4.78, 5) is 0. The molecule has 0 aliphatic carbocycles. The molecule has 63 heavy (non-hydrogen) atoms. The second kappa shape index (κ2) is 17.3. The summed E-state index contributed by atoms with van der Waals surface area (Å²) in [5.41, 5.74) is -12.3. The highest BCUT2D eigenvalue weighted by Gasteiger charge is 2.52. The molecule has 0 bridgehead atoms. The molecule has 0 saturated heterocycles. The van der Waals surface area contributed by atoms with E-state index in [0.717, 1.165) is 16.5 Å². The smallest absolute Gasteiger partial charge is 0.207 e. The van der Waals surface area contributed by atoms with Crippen LogP contribution in [-0.4, -0.2) is 6.15 Å². The van der Waals surface area contributed by atoms with Crippen molar-refractivity contribution in [1.29, 1.82) is 10.5 Å². The maximum absolute atomic E-state index is 15.4. The van der Waals surface area contributed by atoms with E-state index in [9.17, 15) is 52.7 Å². The van der Waals surface area contributed by atoms with Crippen LogP contribution in [0, 0.1) is 139 Å². The van der Waals surface area contributed by atoms with E-state index in [1.165, 1.54) is 0 Å². The zero-order valence-electron chi connectivity index (χ0n) is 30.2. The third kappa shape index (κ3) is 7.22. The molecule has 0 N–H and O–H groups in total. The lowest BCUT2D eigenvalue weighted by Gasteiger charge is -2.44. The number of nitriles is 2. The lowest BCUT2D eigenvalue weighted by molar-refractivity contribution is -0.663. The number of fused-ring (bicyclic) bond motifs is 1. The van der Waals surface area contributed by atoms with Crippen molar-refractivity contribution in [3.63, 3.8) is 0 Å². The molecule has 0 saturated carbocycles. The lowest BCUT2D eigenvalue weighted by Crippen LogP contribution is -2.81. The minimum absolute atomic E-state index is 0.190. The fraction of sp³-hybridized carbons (Fsp3) is 0.0513. The lowest BCUT2D eigenvalue weighted by atomic mass is 9.12. The largest absolute Gasteiger partial charge is 0.212 e. The molecule has 3 nitrogen and oxygen atoms in total. The maximum atomic E-state index is 15.4. The predicted octanol–water partition coefficient (Wildman–Crippen LogP) is 8.34. The Labute approximate surface area is 337 Å². The number of pyridine rings is 1. The number of aromatic nitrogens is 1. The highest BCUT2D eigenvalue weighted by atomic mass is 19.2. The van der Waals surface area contributed by atoms with Crippen LogP contribution in [0.25, 0.3) is 10.9 Å². The standard InChI is InChI=1S/C24BF20.C15H12N3/c26-5-1(6(27)14(35)21(42)13(5)34)25(2-7(28)15(36)22(43)16(37)8(2)29,3-9(30)17(38)23(44)18(39)10(3)31)4-11(32)19(40)24(45)20(41)12(4)33;1-12(14(9-16)10-17)11-18-8-4-6-13-5-2-3-7-15(13)18/h;2-8H,11H2,1H3/q-1;+1. The summed E-state index contributed by atoms with van der Waals surface area (Å²) in [6, 6.07) is 15.9. The van der Waals surface area contributed by atoms with Gasteiger partial charge in [0.25, 0.3) is 0 Å². The second-order valence-electron chi connectivity index (χ2n) is 12.9. The fourth-order valence-corrected chi connectivity index (χ4v) is 6.78. The van der Waals surface area contributed by atoms with E-state index in [-0.39, 0.29) is 5.57 Å². The molecule has 0 spiro atoms. The molecule has 0 fully saturated rings. The number of para-hydroxylation sites is 1. The molecule has 6 rings (SSSR count). The van der Waals surface area contributed by atoms with Gasteiger partial charge in [0, 0.05) is 23.1 Å². The van der Waals surface area contributed by atoms with Crippen LogP contribution >= 0.6 is 0 Å². The Hall–Kier alpha value is -7.11. The average molecular weight is 913 g/mol. The number of nitrogens with zero attached hydrogens (tertiary/aromatic N) is 3. The zero-order valence-corrected chi connectivity index (χ0v) is 30.2. The highest BCUT2D eigenvalue weighted by molar-refractivity contribution is 7.20. The summed E-state index contributed by atoms with van der Waals surface area (Å²) >= 11 is 0. The summed E-state index contributed by atoms with van der Waals surface area (Å²) in [6.45, 7) is 2.37. The van der Waals surface area contributed by atoms with Crippen molar-refractivity contribution < 1.29 is 92.4 Å². The zero-order chi connectivity index (χ0) is 47.3. The molecule has 0 aliphatic rings. The fourth-order valence-electron chi connectivity index (χ4n) is 6.78. The SMILES string of the molecule is CC(C[n+]1cccc2ccccc21)=C(C#N)C#N.Fc1c(F)c(F)c([B-](c2c(F)c(F)c(F)c(F)c2F)(c2c(F)c(F)c(F)c(F)c2F)c2c(F)c(F)c(F)c(F)c2F)c(F)c1F. The number of hydrogen-bond acceptors (Lipinski definition) is 2. The van der Waals surface area contributed by atoms with Gasteiger partial charge >= 0.3 is 0 Å². The first-order valence-corrected chi connectivity index (χ1v) is 16.6. The first kappa shape index (κ1) is 47.0. The van der Waals surface area contributed by atoms with Crippen LogP contribution in [0.5, 0.6) is 0 Å². The van der Waals surface area contributed by atoms with Gasteiger partial charge < -0.3 is 0 Å². The molecular weight excluding hydrogens is 901 g/mol. The Morgan fingerprint density at radius 2 is 0.667 bits per heavy atom. The molecule has 326 valence electrons. The molecule has 0 amide bonds. The van der Waals surface area contributed by atoms with Gasteiger partial charge in [-0.1, -0.05) is 12.1 Å². The van der Waals surface area contributed by atoms with Gasteiger partial charge in [0.1, 0.15) is 70.4 Å². The summed E-state index contributed by atoms with van der Waals surface area (Å²) < 4.78 is 296. The maximum Gasteiger partial charge on any atom is 0.212 e. The number of benzene rings is 5. The van der Waals surface area contributed by atoms with Crippen LogP contribution in [0.2, 0.25) is 0 Å². The number of halogens is 20. The van der Waals surface area contributed by atoms with Gasteiger partial charge in [0.05, 0.1) is 0 Å². The Balaban J connectivity index is 0.000000345. The van der Waals surface area contributed by atoms with Gasteiger partial charge in [-0.2, -0.15) is 15.1 Å². The third-order valence-corrected chi connectivity index (χ3v) is 9.55. The van der Waals surface area contributed by atoms with Crippen LogP contribution in [0.15, 0.2) is 53.7 Å². The third-order valence-electron chi connectivity index (χ3n) is 9.55. The minimum atomic E-state index is -7.22. The first-order valence-electron chi connectivity index (χ1n) is 16.6. The van der Waals surface area contributed by atoms with Gasteiger partial charge in [-0.05, 0) is 19.1 Å². The summed E-state index contributed by atoms with van der Waals surface area (Å²) in [5, 5.41) is 18.8. The van der Waals surface area contributed by atoms with Crippen molar-refractivity contribution in [3.8, 4) is 12.1 Å². The molecule has 5 aromatic carbocycles. The minimum Gasteiger partial charge on any atom is -0.207 e. The Morgan fingerprint density at radius 1 is 0.413 bits per heavy atom. The molecule has 1 heterocycles. The second-order valence-corrected chi connectivity index (χ2v) is 12.9. The number of rotatable bonds is 6. The molecule has 6 aromatic rings. The van der Waals surface area contributed by atoms with E-state index in [1.807, 2.05) is 66.2 Å². The Morgan fingerprint density at radius 3 is 0.952 bits per heavy atom. The van der Waals surface area contributed by atoms with Crippen LogP contribution in [0.4, 0.5) is 87.8 Å².